The van der Waals surface area contributed by atoms with Gasteiger partial charge in [-0.2, -0.15) is 0 Å². The fourth-order valence-corrected chi connectivity index (χ4v) is 2.00. The fraction of sp³-hybridized carbons (Fsp3) is 0.833. The summed E-state index contributed by atoms with van der Waals surface area (Å²) in [7, 11) is 0. The third kappa shape index (κ3) is 4.18. The van der Waals surface area contributed by atoms with Crippen molar-refractivity contribution in [1.29, 1.82) is 0 Å². The van der Waals surface area contributed by atoms with Crippen LogP contribution < -0.4 is 0 Å². The van der Waals surface area contributed by atoms with Crippen LogP contribution in [0.5, 0.6) is 0 Å². The number of nitrogens with zero attached hydrogens (tertiary/aromatic N) is 2. The molecule has 0 spiro atoms. The molecule has 1 heterocycles. The number of likely N-dealkylation sites (tertiary alicyclic amines) is 1. The SMILES string of the molecule is CCN(CCC(=O)O)C(=O)N1CCC(C)(O)CC1. The maximum atomic E-state index is 12.1. The molecule has 6 nitrogen and oxygen atoms in total. The third-order valence-corrected chi connectivity index (χ3v) is 3.36. The van der Waals surface area contributed by atoms with Crippen LogP contribution in [0.25, 0.3) is 0 Å². The van der Waals surface area contributed by atoms with Gasteiger partial charge in [0.2, 0.25) is 0 Å². The second-order valence-corrected chi connectivity index (χ2v) is 4.99. The highest BCUT2D eigenvalue weighted by molar-refractivity contribution is 5.75. The smallest absolute Gasteiger partial charge is 0.320 e. The lowest BCUT2D eigenvalue weighted by atomic mass is 9.94. The van der Waals surface area contributed by atoms with Crippen LogP contribution in [0.3, 0.4) is 0 Å². The summed E-state index contributed by atoms with van der Waals surface area (Å²) in [5.41, 5.74) is -0.686. The second-order valence-electron chi connectivity index (χ2n) is 4.99. The molecule has 1 rings (SSSR count). The molecule has 1 aliphatic rings. The van der Waals surface area contributed by atoms with Crippen LogP contribution >= 0.6 is 0 Å². The molecule has 1 saturated heterocycles. The van der Waals surface area contributed by atoms with Crippen molar-refractivity contribution in [1.82, 2.24) is 9.80 Å². The molecule has 0 unspecified atom stereocenters. The Labute approximate surface area is 107 Å². The van der Waals surface area contributed by atoms with Crippen molar-refractivity contribution in [3.63, 3.8) is 0 Å². The fourth-order valence-electron chi connectivity index (χ4n) is 2.00. The van der Waals surface area contributed by atoms with Gasteiger partial charge < -0.3 is 20.0 Å². The summed E-state index contributed by atoms with van der Waals surface area (Å²) in [5, 5.41) is 18.5. The molecule has 1 aliphatic heterocycles. The Bertz CT molecular complexity index is 307. The van der Waals surface area contributed by atoms with Gasteiger partial charge >= 0.3 is 12.0 Å². The van der Waals surface area contributed by atoms with Gasteiger partial charge in [-0.1, -0.05) is 0 Å². The number of rotatable bonds is 4. The van der Waals surface area contributed by atoms with Crippen molar-refractivity contribution in [2.24, 2.45) is 0 Å². The Morgan fingerprint density at radius 3 is 2.33 bits per heavy atom. The Kier molecular flexibility index (Phi) is 4.95. The van der Waals surface area contributed by atoms with Gasteiger partial charge in [0.1, 0.15) is 0 Å². The van der Waals surface area contributed by atoms with Gasteiger partial charge in [-0.15, -0.1) is 0 Å². The van der Waals surface area contributed by atoms with Gasteiger partial charge in [-0.25, -0.2) is 4.79 Å². The van der Waals surface area contributed by atoms with E-state index in [0.717, 1.165) is 0 Å². The van der Waals surface area contributed by atoms with E-state index >= 15 is 0 Å². The van der Waals surface area contributed by atoms with Crippen LogP contribution in [0.1, 0.15) is 33.1 Å². The maximum absolute atomic E-state index is 12.1. The van der Waals surface area contributed by atoms with Crippen molar-refractivity contribution in [2.45, 2.75) is 38.7 Å². The summed E-state index contributed by atoms with van der Waals surface area (Å²) in [6.45, 7) is 5.39. The molecule has 0 aromatic carbocycles. The van der Waals surface area contributed by atoms with Gasteiger partial charge in [-0.3, -0.25) is 4.79 Å². The summed E-state index contributed by atoms with van der Waals surface area (Å²) in [5.74, 6) is -0.900. The molecule has 0 bridgehead atoms. The molecule has 0 aliphatic carbocycles. The van der Waals surface area contributed by atoms with E-state index < -0.39 is 11.6 Å². The number of amides is 2. The predicted molar refractivity (Wildman–Crippen MR) is 66.3 cm³/mol. The van der Waals surface area contributed by atoms with E-state index in [-0.39, 0.29) is 19.0 Å². The van der Waals surface area contributed by atoms with E-state index in [0.29, 0.717) is 32.5 Å². The number of hydrogen-bond acceptors (Lipinski definition) is 3. The standard InChI is InChI=1S/C12H22N2O4/c1-3-13(7-4-10(15)16)11(17)14-8-5-12(2,18)6-9-14/h18H,3-9H2,1-2H3,(H,15,16). The molecule has 6 heteroatoms. The minimum atomic E-state index is -0.900. The highest BCUT2D eigenvalue weighted by Gasteiger charge is 2.31. The minimum Gasteiger partial charge on any atom is -0.481 e. The minimum absolute atomic E-state index is 0.0366. The number of piperidine rings is 1. The van der Waals surface area contributed by atoms with Crippen LogP contribution in [-0.2, 0) is 4.79 Å². The van der Waals surface area contributed by atoms with Gasteiger partial charge in [0, 0.05) is 26.2 Å². The Morgan fingerprint density at radius 1 is 1.33 bits per heavy atom. The molecule has 0 radical (unpaired) electrons. The van der Waals surface area contributed by atoms with E-state index in [9.17, 15) is 14.7 Å². The molecule has 18 heavy (non-hydrogen) atoms. The van der Waals surface area contributed by atoms with Gasteiger partial charge in [-0.05, 0) is 26.7 Å². The first-order valence-electron chi connectivity index (χ1n) is 6.34. The maximum Gasteiger partial charge on any atom is 0.320 e. The topological polar surface area (TPSA) is 81.1 Å². The number of carbonyl (C=O) groups excluding carboxylic acids is 1. The molecule has 104 valence electrons. The zero-order valence-corrected chi connectivity index (χ0v) is 11.1. The zero-order valence-electron chi connectivity index (χ0n) is 11.1. The number of urea groups is 1. The molecule has 0 aromatic rings. The number of carboxylic acids is 1. The summed E-state index contributed by atoms with van der Waals surface area (Å²) >= 11 is 0. The summed E-state index contributed by atoms with van der Waals surface area (Å²) < 4.78 is 0. The van der Waals surface area contributed by atoms with E-state index in [4.69, 9.17) is 5.11 Å². The molecule has 1 fully saturated rings. The predicted octanol–water partition coefficient (Wildman–Crippen LogP) is 0.750. The van der Waals surface area contributed by atoms with Crippen LogP contribution in [0, 0.1) is 0 Å². The van der Waals surface area contributed by atoms with Gasteiger partial charge in [0.25, 0.3) is 0 Å². The summed E-state index contributed by atoms with van der Waals surface area (Å²) in [4.78, 5) is 25.9. The summed E-state index contributed by atoms with van der Waals surface area (Å²) in [6.07, 6.45) is 1.09. The molecule has 0 aromatic heterocycles. The normalized spacial score (nSPS) is 18.5. The third-order valence-electron chi connectivity index (χ3n) is 3.36. The molecule has 0 atom stereocenters. The molecular formula is C12H22N2O4. The van der Waals surface area contributed by atoms with Crippen molar-refractivity contribution in [2.75, 3.05) is 26.2 Å². The van der Waals surface area contributed by atoms with Gasteiger partial charge in [0.05, 0.1) is 12.0 Å². The lowest BCUT2D eigenvalue weighted by Crippen LogP contribution is -2.50. The van der Waals surface area contributed by atoms with E-state index in [1.807, 2.05) is 6.92 Å². The molecule has 2 amide bonds. The van der Waals surface area contributed by atoms with Crippen LogP contribution in [0.2, 0.25) is 0 Å². The van der Waals surface area contributed by atoms with Crippen molar-refractivity contribution in [3.05, 3.63) is 0 Å². The van der Waals surface area contributed by atoms with Crippen molar-refractivity contribution in [3.8, 4) is 0 Å². The van der Waals surface area contributed by atoms with Crippen LogP contribution in [0.4, 0.5) is 4.79 Å². The lowest BCUT2D eigenvalue weighted by Gasteiger charge is -2.38. The number of carboxylic acid groups (broad SMARTS) is 1. The first-order valence-corrected chi connectivity index (χ1v) is 6.34. The Morgan fingerprint density at radius 2 is 1.89 bits per heavy atom. The lowest BCUT2D eigenvalue weighted by molar-refractivity contribution is -0.137. The number of carbonyl (C=O) groups is 2. The number of aliphatic hydroxyl groups is 1. The van der Waals surface area contributed by atoms with Crippen molar-refractivity contribution >= 4 is 12.0 Å². The molecule has 2 N–H and O–H groups in total. The highest BCUT2D eigenvalue weighted by Crippen LogP contribution is 2.21. The summed E-state index contributed by atoms with van der Waals surface area (Å²) in [6, 6.07) is -0.130. The van der Waals surface area contributed by atoms with Crippen LogP contribution in [0.15, 0.2) is 0 Å². The van der Waals surface area contributed by atoms with E-state index in [1.165, 1.54) is 4.90 Å². The number of hydrogen-bond donors (Lipinski definition) is 2. The van der Waals surface area contributed by atoms with E-state index in [1.54, 1.807) is 11.8 Å². The largest absolute Gasteiger partial charge is 0.481 e. The first kappa shape index (κ1) is 14.8. The van der Waals surface area contributed by atoms with Crippen molar-refractivity contribution < 1.29 is 19.8 Å². The monoisotopic (exact) mass is 258 g/mol. The second kappa shape index (κ2) is 6.04. The van der Waals surface area contributed by atoms with Gasteiger partial charge in [0.15, 0.2) is 0 Å². The molecular weight excluding hydrogens is 236 g/mol. The Balaban J connectivity index is 2.49. The molecule has 0 saturated carbocycles. The number of aliphatic carboxylic acids is 1. The quantitative estimate of drug-likeness (QED) is 0.779. The Hall–Kier alpha value is -1.30. The highest BCUT2D eigenvalue weighted by atomic mass is 16.4. The van der Waals surface area contributed by atoms with Crippen LogP contribution in [-0.4, -0.2) is 63.8 Å². The average Bonchev–Trinajstić information content (AvgIpc) is 2.29. The van der Waals surface area contributed by atoms with E-state index in [2.05, 4.69) is 0 Å². The first-order chi connectivity index (χ1) is 8.35. The average molecular weight is 258 g/mol. The zero-order chi connectivity index (χ0) is 13.8.